The molecular formula is C18H24FN3O4. The largest absolute Gasteiger partial charge is 0.458 e. The van der Waals surface area contributed by atoms with Gasteiger partial charge in [0.15, 0.2) is 0 Å². The van der Waals surface area contributed by atoms with Crippen LogP contribution in [-0.2, 0) is 24.6 Å². The Morgan fingerprint density at radius 3 is 1.81 bits per heavy atom. The molecule has 0 unspecified atom stereocenters. The molecule has 0 aliphatic carbocycles. The first kappa shape index (κ1) is 21.4. The minimum atomic E-state index is -2.57. The van der Waals surface area contributed by atoms with E-state index in [4.69, 9.17) is 20.9 Å². The number of nitrogens with zero attached hydrogens (tertiary/aromatic N) is 1. The van der Waals surface area contributed by atoms with Gasteiger partial charge in [-0.15, -0.1) is 0 Å². The molecule has 4 N–H and O–H groups in total. The Bertz CT molecular complexity index is 742. The lowest BCUT2D eigenvalue weighted by atomic mass is 9.86. The summed E-state index contributed by atoms with van der Waals surface area (Å²) in [6.45, 7) is 9.45. The number of benzene rings is 1. The standard InChI is InChI=1S/C18H24FN3O4/c1-16(2,3)25-14(23)18(22,15(24)26-17(4,5)6)12-7-10(21)8-13(19)11(12)9-20/h7-8H,21-22H2,1-6H3. The van der Waals surface area contributed by atoms with Crippen molar-refractivity contribution >= 4 is 17.6 Å². The van der Waals surface area contributed by atoms with Gasteiger partial charge < -0.3 is 20.9 Å². The van der Waals surface area contributed by atoms with Gasteiger partial charge in [0.2, 0.25) is 5.54 Å². The van der Waals surface area contributed by atoms with Crippen molar-refractivity contribution in [3.8, 4) is 6.07 Å². The molecule has 0 saturated carbocycles. The molecular weight excluding hydrogens is 341 g/mol. The first-order valence-electron chi connectivity index (χ1n) is 7.87. The van der Waals surface area contributed by atoms with E-state index >= 15 is 0 Å². The Balaban J connectivity index is 3.70. The maximum absolute atomic E-state index is 14.2. The number of nitrogens with two attached hydrogens (primary N) is 2. The quantitative estimate of drug-likeness (QED) is 0.477. The summed E-state index contributed by atoms with van der Waals surface area (Å²) in [5.41, 5.74) is 6.08. The van der Waals surface area contributed by atoms with E-state index in [0.717, 1.165) is 12.1 Å². The van der Waals surface area contributed by atoms with Gasteiger partial charge in [-0.3, -0.25) is 0 Å². The van der Waals surface area contributed by atoms with E-state index in [-0.39, 0.29) is 5.69 Å². The van der Waals surface area contributed by atoms with Gasteiger partial charge in [-0.1, -0.05) is 0 Å². The van der Waals surface area contributed by atoms with Crippen LogP contribution in [0.2, 0.25) is 0 Å². The van der Waals surface area contributed by atoms with E-state index < -0.39 is 45.6 Å². The summed E-state index contributed by atoms with van der Waals surface area (Å²) in [6, 6.07) is 3.59. The van der Waals surface area contributed by atoms with Gasteiger partial charge in [0.1, 0.15) is 23.1 Å². The summed E-state index contributed by atoms with van der Waals surface area (Å²) in [7, 11) is 0. The second-order valence-corrected chi connectivity index (χ2v) is 7.85. The first-order valence-corrected chi connectivity index (χ1v) is 7.87. The topological polar surface area (TPSA) is 128 Å². The third-order valence-corrected chi connectivity index (χ3v) is 3.09. The number of hydrogen-bond acceptors (Lipinski definition) is 7. The highest BCUT2D eigenvalue weighted by Crippen LogP contribution is 2.31. The molecule has 8 heteroatoms. The Morgan fingerprint density at radius 1 is 1.04 bits per heavy atom. The molecule has 0 fully saturated rings. The lowest BCUT2D eigenvalue weighted by Gasteiger charge is -2.33. The summed E-state index contributed by atoms with van der Waals surface area (Å²) in [5, 5.41) is 9.29. The van der Waals surface area contributed by atoms with Crippen LogP contribution in [0.1, 0.15) is 52.7 Å². The highest BCUT2D eigenvalue weighted by atomic mass is 19.1. The number of ether oxygens (including phenoxy) is 2. The molecule has 1 rings (SSSR count). The molecule has 1 aromatic carbocycles. The second kappa shape index (κ2) is 6.92. The van der Waals surface area contributed by atoms with Gasteiger partial charge in [-0.25, -0.2) is 14.0 Å². The highest BCUT2D eigenvalue weighted by Gasteiger charge is 2.51. The molecule has 0 heterocycles. The van der Waals surface area contributed by atoms with Gasteiger partial charge in [0.05, 0.1) is 5.56 Å². The monoisotopic (exact) mass is 365 g/mol. The van der Waals surface area contributed by atoms with Gasteiger partial charge in [0, 0.05) is 11.3 Å². The van der Waals surface area contributed by atoms with Crippen LogP contribution >= 0.6 is 0 Å². The van der Waals surface area contributed by atoms with E-state index in [1.807, 2.05) is 0 Å². The number of esters is 2. The highest BCUT2D eigenvalue weighted by molar-refractivity contribution is 6.06. The van der Waals surface area contributed by atoms with E-state index in [9.17, 15) is 19.2 Å². The van der Waals surface area contributed by atoms with Crippen LogP contribution in [-0.4, -0.2) is 23.1 Å². The number of carbonyl (C=O) groups is 2. The molecule has 0 aromatic heterocycles. The predicted octanol–water partition coefficient (Wildman–Crippen LogP) is 2.12. The molecule has 0 saturated heterocycles. The van der Waals surface area contributed by atoms with Gasteiger partial charge in [-0.05, 0) is 53.7 Å². The number of anilines is 1. The molecule has 26 heavy (non-hydrogen) atoms. The fourth-order valence-electron chi connectivity index (χ4n) is 2.07. The number of rotatable bonds is 3. The summed E-state index contributed by atoms with van der Waals surface area (Å²) in [5.74, 6) is -3.37. The molecule has 142 valence electrons. The van der Waals surface area contributed by atoms with E-state index in [1.54, 1.807) is 47.6 Å². The molecule has 0 amide bonds. The van der Waals surface area contributed by atoms with Crippen molar-refractivity contribution in [1.82, 2.24) is 0 Å². The van der Waals surface area contributed by atoms with Crippen molar-refractivity contribution in [2.24, 2.45) is 5.73 Å². The summed E-state index contributed by atoms with van der Waals surface area (Å²) < 4.78 is 24.7. The SMILES string of the molecule is CC(C)(C)OC(=O)C(N)(C(=O)OC(C)(C)C)c1cc(N)cc(F)c1C#N. The molecule has 1 aromatic rings. The molecule has 7 nitrogen and oxygen atoms in total. The first-order chi connectivity index (χ1) is 11.6. The fourth-order valence-corrected chi connectivity index (χ4v) is 2.07. The summed E-state index contributed by atoms with van der Waals surface area (Å²) in [6.07, 6.45) is 0. The van der Waals surface area contributed by atoms with Crippen LogP contribution in [0.5, 0.6) is 0 Å². The summed E-state index contributed by atoms with van der Waals surface area (Å²) >= 11 is 0. The van der Waals surface area contributed by atoms with Crippen molar-refractivity contribution in [3.05, 3.63) is 29.1 Å². The smallest absolute Gasteiger partial charge is 0.343 e. The number of nitriles is 1. The zero-order valence-electron chi connectivity index (χ0n) is 15.8. The zero-order chi connectivity index (χ0) is 20.5. The number of halogens is 1. The van der Waals surface area contributed by atoms with Crippen LogP contribution in [0.15, 0.2) is 12.1 Å². The van der Waals surface area contributed by atoms with E-state index in [2.05, 4.69) is 0 Å². The van der Waals surface area contributed by atoms with Crippen molar-refractivity contribution < 1.29 is 23.5 Å². The van der Waals surface area contributed by atoms with Gasteiger partial charge in [0.25, 0.3) is 0 Å². The molecule has 0 atom stereocenters. The molecule has 0 radical (unpaired) electrons. The van der Waals surface area contributed by atoms with Crippen LogP contribution in [0.4, 0.5) is 10.1 Å². The summed E-state index contributed by atoms with van der Waals surface area (Å²) in [4.78, 5) is 25.6. The van der Waals surface area contributed by atoms with Crippen molar-refractivity contribution in [1.29, 1.82) is 5.26 Å². The molecule has 0 spiro atoms. The average Bonchev–Trinajstić information content (AvgIpc) is 2.41. The molecule has 0 aliphatic heterocycles. The normalized spacial score (nSPS) is 12.3. The van der Waals surface area contributed by atoms with Crippen LogP contribution in [0, 0.1) is 17.1 Å². The third-order valence-electron chi connectivity index (χ3n) is 3.09. The van der Waals surface area contributed by atoms with Crippen molar-refractivity contribution in [2.45, 2.75) is 58.3 Å². The number of carbonyl (C=O) groups excluding carboxylic acids is 2. The maximum atomic E-state index is 14.2. The second-order valence-electron chi connectivity index (χ2n) is 7.85. The Morgan fingerprint density at radius 2 is 1.46 bits per heavy atom. The zero-order valence-corrected chi connectivity index (χ0v) is 15.8. The average molecular weight is 365 g/mol. The molecule has 0 bridgehead atoms. The van der Waals surface area contributed by atoms with Gasteiger partial charge >= 0.3 is 11.9 Å². The van der Waals surface area contributed by atoms with Gasteiger partial charge in [-0.2, -0.15) is 5.26 Å². The van der Waals surface area contributed by atoms with Crippen molar-refractivity contribution in [2.75, 3.05) is 5.73 Å². The lowest BCUT2D eigenvalue weighted by Crippen LogP contribution is -2.56. The van der Waals surface area contributed by atoms with Crippen LogP contribution in [0.25, 0.3) is 0 Å². The molecule has 0 aliphatic rings. The lowest BCUT2D eigenvalue weighted by molar-refractivity contribution is -0.177. The van der Waals surface area contributed by atoms with E-state index in [1.165, 1.54) is 0 Å². The maximum Gasteiger partial charge on any atom is 0.343 e. The van der Waals surface area contributed by atoms with Crippen LogP contribution in [0.3, 0.4) is 0 Å². The van der Waals surface area contributed by atoms with E-state index in [0.29, 0.717) is 0 Å². The third kappa shape index (κ3) is 4.70. The predicted molar refractivity (Wildman–Crippen MR) is 93.1 cm³/mol. The fraction of sp³-hybridized carbons (Fsp3) is 0.500. The minimum absolute atomic E-state index is 0.113. The Labute approximate surface area is 152 Å². The Hall–Kier alpha value is -2.66. The van der Waals surface area contributed by atoms with Crippen LogP contribution < -0.4 is 11.5 Å². The number of hydrogen-bond donors (Lipinski definition) is 2. The minimum Gasteiger partial charge on any atom is -0.458 e. The van der Waals surface area contributed by atoms with Crippen molar-refractivity contribution in [3.63, 3.8) is 0 Å². The Kier molecular flexibility index (Phi) is 5.69. The number of nitrogen functional groups attached to an aromatic ring is 1.